The summed E-state index contributed by atoms with van der Waals surface area (Å²) >= 11 is 1.67. The van der Waals surface area contributed by atoms with Crippen molar-refractivity contribution in [3.05, 3.63) is 24.2 Å². The van der Waals surface area contributed by atoms with E-state index in [1.54, 1.807) is 24.8 Å². The molecule has 2 amide bonds. The second-order valence-electron chi connectivity index (χ2n) is 4.15. The topological polar surface area (TPSA) is 91.6 Å². The molecular weight excluding hydrogens is 280 g/mol. The molecule has 0 aliphatic heterocycles. The van der Waals surface area contributed by atoms with Crippen molar-refractivity contribution in [1.82, 2.24) is 10.6 Å². The van der Waals surface area contributed by atoms with Gasteiger partial charge in [0.2, 0.25) is 5.91 Å². The van der Waals surface area contributed by atoms with Crippen LogP contribution in [-0.2, 0) is 4.79 Å². The molecule has 0 aromatic carbocycles. The molecule has 1 aromatic heterocycles. The average molecular weight is 300 g/mol. The Bertz CT molecular complexity index is 409. The van der Waals surface area contributed by atoms with E-state index in [1.807, 2.05) is 0 Å². The van der Waals surface area contributed by atoms with Gasteiger partial charge in [-0.2, -0.15) is 11.8 Å². The van der Waals surface area contributed by atoms with E-state index in [1.165, 1.54) is 12.3 Å². The van der Waals surface area contributed by atoms with Gasteiger partial charge >= 0.3 is 0 Å². The molecule has 1 rings (SSSR count). The second kappa shape index (κ2) is 9.44. The third-order valence-electron chi connectivity index (χ3n) is 2.48. The lowest BCUT2D eigenvalue weighted by Crippen LogP contribution is -2.45. The van der Waals surface area contributed by atoms with Gasteiger partial charge in [-0.15, -0.1) is 0 Å². The lowest BCUT2D eigenvalue weighted by atomic mass is 10.3. The van der Waals surface area contributed by atoms with E-state index in [-0.39, 0.29) is 18.3 Å². The zero-order valence-corrected chi connectivity index (χ0v) is 12.2. The maximum absolute atomic E-state index is 11.7. The van der Waals surface area contributed by atoms with Gasteiger partial charge in [0.1, 0.15) is 6.04 Å². The Morgan fingerprint density at radius 2 is 2.25 bits per heavy atom. The first-order chi connectivity index (χ1) is 9.65. The minimum atomic E-state index is -0.616. The number of carbonyl (C=O) groups is 2. The smallest absolute Gasteiger partial charge is 0.287 e. The van der Waals surface area contributed by atoms with E-state index in [0.717, 1.165) is 17.9 Å². The Balaban J connectivity index is 2.17. The van der Waals surface area contributed by atoms with Crippen LogP contribution in [0, 0.1) is 0 Å². The highest BCUT2D eigenvalue weighted by molar-refractivity contribution is 7.99. The molecule has 0 spiro atoms. The van der Waals surface area contributed by atoms with E-state index in [4.69, 9.17) is 9.52 Å². The first kappa shape index (κ1) is 16.6. The Labute approximate surface area is 122 Å². The third-order valence-corrected chi connectivity index (χ3v) is 3.55. The van der Waals surface area contributed by atoms with E-state index >= 15 is 0 Å². The number of carbonyl (C=O) groups excluding carboxylic acids is 2. The fourth-order valence-corrected chi connectivity index (χ4v) is 2.19. The normalized spacial score (nSPS) is 11.9. The van der Waals surface area contributed by atoms with Crippen LogP contribution in [0.1, 0.15) is 23.9 Å². The van der Waals surface area contributed by atoms with Crippen LogP contribution in [-0.4, -0.2) is 47.6 Å². The molecule has 0 saturated carbocycles. The van der Waals surface area contributed by atoms with Gasteiger partial charge in [-0.25, -0.2) is 0 Å². The van der Waals surface area contributed by atoms with Crippen molar-refractivity contribution in [1.29, 1.82) is 0 Å². The SMILES string of the molecule is CC(NC(=O)c1ccco1)C(=O)NCCSCCCO. The highest BCUT2D eigenvalue weighted by Crippen LogP contribution is 2.01. The lowest BCUT2D eigenvalue weighted by molar-refractivity contribution is -0.122. The van der Waals surface area contributed by atoms with Crippen molar-refractivity contribution >= 4 is 23.6 Å². The summed E-state index contributed by atoms with van der Waals surface area (Å²) in [7, 11) is 0. The van der Waals surface area contributed by atoms with Crippen molar-refractivity contribution in [2.45, 2.75) is 19.4 Å². The minimum absolute atomic E-state index is 0.184. The molecule has 1 heterocycles. The number of furan rings is 1. The first-order valence-corrected chi connectivity index (χ1v) is 7.61. The van der Waals surface area contributed by atoms with Crippen LogP contribution < -0.4 is 10.6 Å². The fraction of sp³-hybridized carbons (Fsp3) is 0.538. The number of aliphatic hydroxyl groups is 1. The maximum Gasteiger partial charge on any atom is 0.287 e. The quantitative estimate of drug-likeness (QED) is 0.582. The van der Waals surface area contributed by atoms with E-state index in [9.17, 15) is 9.59 Å². The van der Waals surface area contributed by atoms with Crippen molar-refractivity contribution in [2.75, 3.05) is 24.7 Å². The lowest BCUT2D eigenvalue weighted by Gasteiger charge is -2.13. The molecular formula is C13H20N2O4S. The molecule has 6 nitrogen and oxygen atoms in total. The first-order valence-electron chi connectivity index (χ1n) is 6.46. The number of hydrogen-bond donors (Lipinski definition) is 3. The largest absolute Gasteiger partial charge is 0.459 e. The predicted octanol–water partition coefficient (Wildman–Crippen LogP) is 0.630. The minimum Gasteiger partial charge on any atom is -0.459 e. The van der Waals surface area contributed by atoms with Crippen LogP contribution in [0.5, 0.6) is 0 Å². The van der Waals surface area contributed by atoms with Gasteiger partial charge in [-0.1, -0.05) is 0 Å². The molecule has 112 valence electrons. The van der Waals surface area contributed by atoms with Gasteiger partial charge < -0.3 is 20.2 Å². The zero-order valence-electron chi connectivity index (χ0n) is 11.4. The molecule has 0 aliphatic rings. The molecule has 0 radical (unpaired) electrons. The summed E-state index contributed by atoms with van der Waals surface area (Å²) < 4.78 is 4.94. The number of rotatable bonds is 9. The second-order valence-corrected chi connectivity index (χ2v) is 5.38. The van der Waals surface area contributed by atoms with Crippen LogP contribution in [0.4, 0.5) is 0 Å². The molecule has 7 heteroatoms. The van der Waals surface area contributed by atoms with Crippen LogP contribution in [0.15, 0.2) is 22.8 Å². The van der Waals surface area contributed by atoms with Crippen molar-refractivity contribution in [3.8, 4) is 0 Å². The summed E-state index contributed by atoms with van der Waals surface area (Å²) in [6.07, 6.45) is 2.16. The number of amides is 2. The number of nitrogens with one attached hydrogen (secondary N) is 2. The summed E-state index contributed by atoms with van der Waals surface area (Å²) in [6.45, 7) is 2.35. The summed E-state index contributed by atoms with van der Waals surface area (Å²) in [6, 6.07) is 2.54. The standard InChI is InChI=1S/C13H20N2O4S/c1-10(15-13(18)11-4-2-7-19-11)12(17)14-5-9-20-8-3-6-16/h2,4,7,10,16H,3,5-6,8-9H2,1H3,(H,14,17)(H,15,18). The Morgan fingerprint density at radius 3 is 2.90 bits per heavy atom. The molecule has 3 N–H and O–H groups in total. The van der Waals surface area contributed by atoms with Gasteiger partial charge in [0, 0.05) is 18.9 Å². The molecule has 0 saturated heterocycles. The van der Waals surface area contributed by atoms with Crippen molar-refractivity contribution in [2.24, 2.45) is 0 Å². The Morgan fingerprint density at radius 1 is 1.45 bits per heavy atom. The van der Waals surface area contributed by atoms with Gasteiger partial charge in [0.05, 0.1) is 6.26 Å². The van der Waals surface area contributed by atoms with Crippen molar-refractivity contribution in [3.63, 3.8) is 0 Å². The molecule has 0 aliphatic carbocycles. The van der Waals surface area contributed by atoms with Gasteiger partial charge in [-0.3, -0.25) is 9.59 Å². The Kier molecular flexibility index (Phi) is 7.82. The maximum atomic E-state index is 11.7. The monoisotopic (exact) mass is 300 g/mol. The third kappa shape index (κ3) is 6.12. The molecule has 0 bridgehead atoms. The summed E-state index contributed by atoms with van der Waals surface area (Å²) in [5.74, 6) is 1.20. The van der Waals surface area contributed by atoms with Crippen LogP contribution >= 0.6 is 11.8 Å². The molecule has 1 atom stereocenters. The Hall–Kier alpha value is -1.47. The number of aliphatic hydroxyl groups excluding tert-OH is 1. The van der Waals surface area contributed by atoms with Gasteiger partial charge in [0.25, 0.3) is 5.91 Å². The van der Waals surface area contributed by atoms with E-state index in [2.05, 4.69) is 10.6 Å². The highest BCUT2D eigenvalue weighted by Gasteiger charge is 2.17. The van der Waals surface area contributed by atoms with E-state index < -0.39 is 11.9 Å². The molecule has 1 unspecified atom stereocenters. The molecule has 0 fully saturated rings. The molecule has 20 heavy (non-hydrogen) atoms. The summed E-state index contributed by atoms with van der Waals surface area (Å²) in [4.78, 5) is 23.4. The summed E-state index contributed by atoms with van der Waals surface area (Å²) in [5.41, 5.74) is 0. The number of thioether (sulfide) groups is 1. The van der Waals surface area contributed by atoms with E-state index in [0.29, 0.717) is 6.54 Å². The molecule has 1 aromatic rings. The van der Waals surface area contributed by atoms with Crippen LogP contribution in [0.25, 0.3) is 0 Å². The zero-order chi connectivity index (χ0) is 14.8. The van der Waals surface area contributed by atoms with Gasteiger partial charge in [-0.05, 0) is 31.2 Å². The average Bonchev–Trinajstić information content (AvgIpc) is 2.96. The van der Waals surface area contributed by atoms with Crippen LogP contribution in [0.3, 0.4) is 0 Å². The predicted molar refractivity (Wildman–Crippen MR) is 77.7 cm³/mol. The van der Waals surface area contributed by atoms with Gasteiger partial charge in [0.15, 0.2) is 5.76 Å². The number of hydrogen-bond acceptors (Lipinski definition) is 5. The van der Waals surface area contributed by atoms with Crippen molar-refractivity contribution < 1.29 is 19.1 Å². The van der Waals surface area contributed by atoms with Crippen LogP contribution in [0.2, 0.25) is 0 Å². The highest BCUT2D eigenvalue weighted by atomic mass is 32.2. The fourth-order valence-electron chi connectivity index (χ4n) is 1.41. The summed E-state index contributed by atoms with van der Waals surface area (Å²) in [5, 5.41) is 13.9.